The van der Waals surface area contributed by atoms with Crippen molar-refractivity contribution >= 4 is 0 Å². The van der Waals surface area contributed by atoms with E-state index in [0.29, 0.717) is 26.4 Å². The Morgan fingerprint density at radius 3 is 2.53 bits per heavy atom. The molecule has 15 heavy (non-hydrogen) atoms. The van der Waals surface area contributed by atoms with E-state index in [4.69, 9.17) is 19.3 Å². The normalized spacial score (nSPS) is 13.0. The van der Waals surface area contributed by atoms with Gasteiger partial charge < -0.3 is 24.6 Å². The number of ether oxygens (including phenoxy) is 3. The molecule has 5 nitrogen and oxygen atoms in total. The number of aliphatic hydroxyl groups excluding tert-OH is 1. The first kappa shape index (κ1) is 14.8. The summed E-state index contributed by atoms with van der Waals surface area (Å²) in [5.74, 6) is 0. The van der Waals surface area contributed by atoms with Crippen molar-refractivity contribution in [2.45, 2.75) is 12.5 Å². The highest BCUT2D eigenvalue weighted by atomic mass is 16.5. The lowest BCUT2D eigenvalue weighted by molar-refractivity contribution is 0.0679. The first-order valence-electron chi connectivity index (χ1n) is 5.25. The van der Waals surface area contributed by atoms with Crippen LogP contribution in [0.3, 0.4) is 0 Å². The molecule has 5 heteroatoms. The summed E-state index contributed by atoms with van der Waals surface area (Å²) in [6.45, 7) is 3.43. The smallest absolute Gasteiger partial charge is 0.0700 e. The predicted octanol–water partition coefficient (Wildman–Crippen LogP) is -0.364. The predicted molar refractivity (Wildman–Crippen MR) is 58.1 cm³/mol. The van der Waals surface area contributed by atoms with Gasteiger partial charge in [0, 0.05) is 20.8 Å². The van der Waals surface area contributed by atoms with E-state index in [1.54, 1.807) is 14.2 Å². The van der Waals surface area contributed by atoms with Crippen LogP contribution in [0.15, 0.2) is 0 Å². The summed E-state index contributed by atoms with van der Waals surface area (Å²) in [4.78, 5) is 0. The van der Waals surface area contributed by atoms with Crippen molar-refractivity contribution in [2.75, 3.05) is 53.8 Å². The van der Waals surface area contributed by atoms with Gasteiger partial charge in [-0.05, 0) is 13.0 Å². The maximum atomic E-state index is 8.94. The van der Waals surface area contributed by atoms with Crippen molar-refractivity contribution in [1.29, 1.82) is 0 Å². The van der Waals surface area contributed by atoms with Gasteiger partial charge >= 0.3 is 0 Å². The first-order valence-corrected chi connectivity index (χ1v) is 5.25. The molecule has 1 unspecified atom stereocenters. The molecule has 0 aliphatic rings. The number of hydrogen-bond acceptors (Lipinski definition) is 5. The van der Waals surface area contributed by atoms with Crippen molar-refractivity contribution < 1.29 is 19.3 Å². The SMILES string of the molecule is COCCOCCCNC(CO)COC. The summed E-state index contributed by atoms with van der Waals surface area (Å²) in [6, 6.07) is 0.0222. The van der Waals surface area contributed by atoms with Crippen LogP contribution >= 0.6 is 0 Å². The standard InChI is InChI=1S/C10H23NO4/c1-13-6-7-15-5-3-4-11-10(8-12)9-14-2/h10-12H,3-9H2,1-2H3. The van der Waals surface area contributed by atoms with Gasteiger partial charge in [0.2, 0.25) is 0 Å². The van der Waals surface area contributed by atoms with E-state index in [2.05, 4.69) is 5.32 Å². The molecular formula is C10H23NO4. The molecule has 92 valence electrons. The molecule has 0 aromatic heterocycles. The Morgan fingerprint density at radius 2 is 1.93 bits per heavy atom. The Hall–Kier alpha value is -0.200. The molecule has 0 rings (SSSR count). The average molecular weight is 221 g/mol. The van der Waals surface area contributed by atoms with Crippen LogP contribution in [0.2, 0.25) is 0 Å². The quantitative estimate of drug-likeness (QED) is 0.466. The van der Waals surface area contributed by atoms with E-state index in [-0.39, 0.29) is 12.6 Å². The zero-order valence-electron chi connectivity index (χ0n) is 9.70. The lowest BCUT2D eigenvalue weighted by Gasteiger charge is -2.14. The van der Waals surface area contributed by atoms with Crippen LogP contribution in [0.25, 0.3) is 0 Å². The highest BCUT2D eigenvalue weighted by Crippen LogP contribution is 1.86. The molecule has 0 radical (unpaired) electrons. The van der Waals surface area contributed by atoms with E-state index in [1.807, 2.05) is 0 Å². The number of nitrogens with one attached hydrogen (secondary N) is 1. The van der Waals surface area contributed by atoms with Gasteiger partial charge in [-0.25, -0.2) is 0 Å². The van der Waals surface area contributed by atoms with E-state index < -0.39 is 0 Å². The fourth-order valence-electron chi connectivity index (χ4n) is 1.10. The number of rotatable bonds is 11. The van der Waals surface area contributed by atoms with Crippen molar-refractivity contribution in [3.05, 3.63) is 0 Å². The largest absolute Gasteiger partial charge is 0.395 e. The fourth-order valence-corrected chi connectivity index (χ4v) is 1.10. The molecule has 1 atom stereocenters. The molecule has 0 bridgehead atoms. The Labute approximate surface area is 91.7 Å². The average Bonchev–Trinajstić information content (AvgIpc) is 2.26. The van der Waals surface area contributed by atoms with Crippen LogP contribution in [0, 0.1) is 0 Å². The van der Waals surface area contributed by atoms with Gasteiger partial charge in [0.15, 0.2) is 0 Å². The summed E-state index contributed by atoms with van der Waals surface area (Å²) < 4.78 is 15.1. The molecule has 0 fully saturated rings. The monoisotopic (exact) mass is 221 g/mol. The zero-order valence-corrected chi connectivity index (χ0v) is 9.70. The summed E-state index contributed by atoms with van der Waals surface area (Å²) >= 11 is 0. The van der Waals surface area contributed by atoms with Gasteiger partial charge in [-0.3, -0.25) is 0 Å². The summed E-state index contributed by atoms with van der Waals surface area (Å²) in [6.07, 6.45) is 0.921. The van der Waals surface area contributed by atoms with E-state index in [1.165, 1.54) is 0 Å². The lowest BCUT2D eigenvalue weighted by atomic mass is 10.3. The molecule has 0 aromatic rings. The third-order valence-corrected chi connectivity index (χ3v) is 1.92. The Balaban J connectivity index is 3.14. The number of hydrogen-bond donors (Lipinski definition) is 2. The Kier molecular flexibility index (Phi) is 11.7. The van der Waals surface area contributed by atoms with Crippen LogP contribution in [0.5, 0.6) is 0 Å². The van der Waals surface area contributed by atoms with Crippen LogP contribution in [0.1, 0.15) is 6.42 Å². The Morgan fingerprint density at radius 1 is 1.13 bits per heavy atom. The second-order valence-electron chi connectivity index (χ2n) is 3.25. The molecule has 0 heterocycles. The lowest BCUT2D eigenvalue weighted by Crippen LogP contribution is -2.37. The van der Waals surface area contributed by atoms with E-state index in [0.717, 1.165) is 13.0 Å². The first-order chi connectivity index (χ1) is 7.35. The summed E-state index contributed by atoms with van der Waals surface area (Å²) in [7, 11) is 3.28. The van der Waals surface area contributed by atoms with Crippen molar-refractivity contribution in [2.24, 2.45) is 0 Å². The van der Waals surface area contributed by atoms with Crippen LogP contribution < -0.4 is 5.32 Å². The molecular weight excluding hydrogens is 198 g/mol. The minimum absolute atomic E-state index is 0.0222. The van der Waals surface area contributed by atoms with Crippen molar-refractivity contribution in [3.8, 4) is 0 Å². The van der Waals surface area contributed by atoms with Crippen LogP contribution in [-0.4, -0.2) is 64.9 Å². The summed E-state index contributed by atoms with van der Waals surface area (Å²) in [5, 5.41) is 12.1. The van der Waals surface area contributed by atoms with Crippen molar-refractivity contribution in [3.63, 3.8) is 0 Å². The molecule has 0 amide bonds. The summed E-state index contributed by atoms with van der Waals surface area (Å²) in [5.41, 5.74) is 0. The zero-order chi connectivity index (χ0) is 11.4. The second-order valence-corrected chi connectivity index (χ2v) is 3.25. The maximum absolute atomic E-state index is 8.94. The second kappa shape index (κ2) is 11.9. The van der Waals surface area contributed by atoms with Gasteiger partial charge in [0.25, 0.3) is 0 Å². The Bertz CT molecular complexity index is 124. The topological polar surface area (TPSA) is 60.0 Å². The number of methoxy groups -OCH3 is 2. The molecule has 0 aliphatic carbocycles. The van der Waals surface area contributed by atoms with Gasteiger partial charge in [-0.15, -0.1) is 0 Å². The van der Waals surface area contributed by atoms with Crippen LogP contribution in [0.4, 0.5) is 0 Å². The highest BCUT2D eigenvalue weighted by Gasteiger charge is 2.04. The van der Waals surface area contributed by atoms with Gasteiger partial charge in [-0.1, -0.05) is 0 Å². The molecule has 0 saturated heterocycles. The minimum atomic E-state index is 0.0222. The fraction of sp³-hybridized carbons (Fsp3) is 1.00. The van der Waals surface area contributed by atoms with Crippen molar-refractivity contribution in [1.82, 2.24) is 5.32 Å². The highest BCUT2D eigenvalue weighted by molar-refractivity contribution is 4.63. The van der Waals surface area contributed by atoms with Gasteiger partial charge in [-0.2, -0.15) is 0 Å². The minimum Gasteiger partial charge on any atom is -0.395 e. The van der Waals surface area contributed by atoms with Gasteiger partial charge in [0.05, 0.1) is 32.5 Å². The molecule has 2 N–H and O–H groups in total. The maximum Gasteiger partial charge on any atom is 0.0700 e. The third kappa shape index (κ3) is 10.1. The molecule has 0 saturated carbocycles. The molecule has 0 aromatic carbocycles. The molecule has 0 spiro atoms. The van der Waals surface area contributed by atoms with E-state index in [9.17, 15) is 0 Å². The molecule has 0 aliphatic heterocycles. The van der Waals surface area contributed by atoms with Crippen LogP contribution in [-0.2, 0) is 14.2 Å². The third-order valence-electron chi connectivity index (χ3n) is 1.92. The number of aliphatic hydroxyl groups is 1. The van der Waals surface area contributed by atoms with Gasteiger partial charge in [0.1, 0.15) is 0 Å². The van der Waals surface area contributed by atoms with E-state index >= 15 is 0 Å².